The Morgan fingerprint density at radius 3 is 2.75 bits per heavy atom. The highest BCUT2D eigenvalue weighted by Gasteiger charge is 2.24. The quantitative estimate of drug-likeness (QED) is 0.545. The maximum absolute atomic E-state index is 12.2. The zero-order valence-corrected chi connectivity index (χ0v) is 14.8. The average Bonchev–Trinajstić information content (AvgIpc) is 2.72. The van der Waals surface area contributed by atoms with Crippen molar-refractivity contribution in [3.63, 3.8) is 0 Å². The smallest absolute Gasteiger partial charge is 0.351 e. The number of rotatable bonds is 3. The summed E-state index contributed by atoms with van der Waals surface area (Å²) in [5.41, 5.74) is 0.800. The number of nitrogens with zero attached hydrogens (tertiary/aromatic N) is 1. The lowest BCUT2D eigenvalue weighted by Crippen LogP contribution is -2.32. The molecule has 28 heavy (non-hydrogen) atoms. The molecule has 0 aliphatic carbocycles. The predicted molar refractivity (Wildman–Crippen MR) is 98.9 cm³/mol. The minimum Gasteiger partial charge on any atom is -0.478 e. The number of anilines is 1. The maximum Gasteiger partial charge on any atom is 0.351 e. The lowest BCUT2D eigenvalue weighted by molar-refractivity contribution is 0.0595. The lowest BCUT2D eigenvalue weighted by atomic mass is 10.1. The molecule has 8 nitrogen and oxygen atoms in total. The van der Waals surface area contributed by atoms with Gasteiger partial charge in [0, 0.05) is 11.1 Å². The van der Waals surface area contributed by atoms with Crippen molar-refractivity contribution in [2.45, 2.75) is 6.54 Å². The van der Waals surface area contributed by atoms with E-state index >= 15 is 0 Å². The molecule has 0 spiro atoms. The highest BCUT2D eigenvalue weighted by Crippen LogP contribution is 2.34. The van der Waals surface area contributed by atoms with Gasteiger partial charge in [0.1, 0.15) is 16.9 Å². The van der Waals surface area contributed by atoms with Crippen LogP contribution in [0, 0.1) is 0 Å². The van der Waals surface area contributed by atoms with E-state index in [0.717, 1.165) is 0 Å². The standard InChI is InChI=1S/C20H15NO7/c1-26-19(24)14-8-11-5-6-16-15(17(11)28-20(14)25)9-21(10-27-16)13-4-2-3-12(7-13)18(22)23/h2-8H,9-10H2,1H3,(H,22,23). The van der Waals surface area contributed by atoms with Crippen LogP contribution >= 0.6 is 0 Å². The molecular weight excluding hydrogens is 366 g/mol. The lowest BCUT2D eigenvalue weighted by Gasteiger charge is -2.31. The van der Waals surface area contributed by atoms with E-state index in [-0.39, 0.29) is 17.9 Å². The Bertz CT molecular complexity index is 1160. The Labute approximate surface area is 158 Å². The number of methoxy groups -OCH3 is 1. The molecule has 1 aliphatic rings. The van der Waals surface area contributed by atoms with Crippen molar-refractivity contribution >= 4 is 28.6 Å². The van der Waals surface area contributed by atoms with Crippen LogP contribution in [0.5, 0.6) is 5.75 Å². The Kier molecular flexibility index (Phi) is 4.23. The molecule has 3 aromatic rings. The van der Waals surface area contributed by atoms with Crippen molar-refractivity contribution in [1.82, 2.24) is 0 Å². The summed E-state index contributed by atoms with van der Waals surface area (Å²) in [4.78, 5) is 37.0. The number of carbonyl (C=O) groups excluding carboxylic acids is 1. The fraction of sp³-hybridized carbons (Fsp3) is 0.150. The Balaban J connectivity index is 1.78. The molecule has 2 aromatic carbocycles. The molecule has 4 rings (SSSR count). The summed E-state index contributed by atoms with van der Waals surface area (Å²) in [6.45, 7) is 0.558. The summed E-state index contributed by atoms with van der Waals surface area (Å²) in [5, 5.41) is 9.75. The first-order valence-electron chi connectivity index (χ1n) is 8.37. The van der Waals surface area contributed by atoms with Gasteiger partial charge in [0.05, 0.1) is 24.8 Å². The van der Waals surface area contributed by atoms with E-state index in [4.69, 9.17) is 9.15 Å². The second kappa shape index (κ2) is 6.73. The van der Waals surface area contributed by atoms with Crippen LogP contribution in [0.4, 0.5) is 5.69 Å². The van der Waals surface area contributed by atoms with Crippen LogP contribution < -0.4 is 15.3 Å². The highest BCUT2D eigenvalue weighted by atomic mass is 16.5. The van der Waals surface area contributed by atoms with Crippen LogP contribution in [0.3, 0.4) is 0 Å². The number of fused-ring (bicyclic) bond motifs is 3. The summed E-state index contributed by atoms with van der Waals surface area (Å²) >= 11 is 0. The van der Waals surface area contributed by atoms with E-state index < -0.39 is 17.6 Å². The summed E-state index contributed by atoms with van der Waals surface area (Å²) < 4.78 is 15.8. The van der Waals surface area contributed by atoms with Crippen molar-refractivity contribution in [1.29, 1.82) is 0 Å². The van der Waals surface area contributed by atoms with Gasteiger partial charge in [0.15, 0.2) is 6.73 Å². The second-order valence-corrected chi connectivity index (χ2v) is 6.23. The second-order valence-electron chi connectivity index (χ2n) is 6.23. The van der Waals surface area contributed by atoms with Crippen molar-refractivity contribution < 1.29 is 28.6 Å². The van der Waals surface area contributed by atoms with E-state index in [1.807, 2.05) is 4.90 Å². The van der Waals surface area contributed by atoms with Gasteiger partial charge in [-0.25, -0.2) is 14.4 Å². The number of hydrogen-bond donors (Lipinski definition) is 1. The van der Waals surface area contributed by atoms with Gasteiger partial charge >= 0.3 is 17.6 Å². The Morgan fingerprint density at radius 2 is 2.00 bits per heavy atom. The van der Waals surface area contributed by atoms with E-state index in [9.17, 15) is 19.5 Å². The Morgan fingerprint density at radius 1 is 1.18 bits per heavy atom. The molecule has 1 aromatic heterocycles. The van der Waals surface area contributed by atoms with Gasteiger partial charge in [0.2, 0.25) is 0 Å². The van der Waals surface area contributed by atoms with Gasteiger partial charge in [-0.05, 0) is 36.4 Å². The number of carboxylic acids is 1. The van der Waals surface area contributed by atoms with Crippen molar-refractivity contribution in [3.05, 3.63) is 69.6 Å². The molecule has 0 fully saturated rings. The maximum atomic E-state index is 12.2. The number of carbonyl (C=O) groups is 2. The summed E-state index contributed by atoms with van der Waals surface area (Å²) in [7, 11) is 1.19. The van der Waals surface area contributed by atoms with Crippen LogP contribution in [0.2, 0.25) is 0 Å². The monoisotopic (exact) mass is 381 g/mol. The van der Waals surface area contributed by atoms with Gasteiger partial charge in [0.25, 0.3) is 0 Å². The molecule has 0 atom stereocenters. The summed E-state index contributed by atoms with van der Waals surface area (Å²) in [6, 6.07) is 11.4. The molecule has 0 saturated carbocycles. The molecule has 0 unspecified atom stereocenters. The van der Waals surface area contributed by atoms with Crippen molar-refractivity contribution in [2.75, 3.05) is 18.7 Å². The first-order chi connectivity index (χ1) is 13.5. The van der Waals surface area contributed by atoms with Gasteiger partial charge in [-0.2, -0.15) is 0 Å². The third kappa shape index (κ3) is 2.94. The van der Waals surface area contributed by atoms with Gasteiger partial charge in [-0.1, -0.05) is 6.07 Å². The highest BCUT2D eigenvalue weighted by molar-refractivity contribution is 5.94. The van der Waals surface area contributed by atoms with E-state index in [0.29, 0.717) is 34.5 Å². The van der Waals surface area contributed by atoms with Crippen LogP contribution in [-0.2, 0) is 11.3 Å². The first-order valence-corrected chi connectivity index (χ1v) is 8.37. The third-order valence-corrected chi connectivity index (χ3v) is 4.55. The first kappa shape index (κ1) is 17.6. The fourth-order valence-electron chi connectivity index (χ4n) is 3.15. The fourth-order valence-corrected chi connectivity index (χ4v) is 3.15. The third-order valence-electron chi connectivity index (χ3n) is 4.55. The normalized spacial score (nSPS) is 13.0. The molecule has 0 bridgehead atoms. The minimum atomic E-state index is -1.02. The molecule has 8 heteroatoms. The SMILES string of the molecule is COC(=O)c1cc2ccc3c(c2oc1=O)CN(c1cccc(C(=O)O)c1)CO3. The number of esters is 1. The number of carboxylic acid groups (broad SMARTS) is 1. The number of benzene rings is 2. The zero-order valence-electron chi connectivity index (χ0n) is 14.8. The average molecular weight is 381 g/mol. The minimum absolute atomic E-state index is 0.162. The molecule has 0 radical (unpaired) electrons. The van der Waals surface area contributed by atoms with E-state index in [1.165, 1.54) is 19.2 Å². The summed E-state index contributed by atoms with van der Waals surface area (Å²) in [6.07, 6.45) is 0. The number of hydrogen-bond acceptors (Lipinski definition) is 7. The molecule has 0 amide bonds. The van der Waals surface area contributed by atoms with E-state index in [1.54, 1.807) is 30.3 Å². The van der Waals surface area contributed by atoms with Gasteiger partial charge in [-0.15, -0.1) is 0 Å². The molecule has 1 aliphatic heterocycles. The summed E-state index contributed by atoms with van der Waals surface area (Å²) in [5.74, 6) is -1.23. The molecular formula is C20H15NO7. The largest absolute Gasteiger partial charge is 0.478 e. The van der Waals surface area contributed by atoms with Crippen LogP contribution in [-0.4, -0.2) is 30.9 Å². The topological polar surface area (TPSA) is 106 Å². The number of ether oxygens (including phenoxy) is 2. The van der Waals surface area contributed by atoms with Crippen LogP contribution in [0.25, 0.3) is 11.0 Å². The molecule has 1 N–H and O–H groups in total. The zero-order chi connectivity index (χ0) is 19.8. The molecule has 0 saturated heterocycles. The van der Waals surface area contributed by atoms with Crippen molar-refractivity contribution in [3.8, 4) is 5.75 Å². The van der Waals surface area contributed by atoms with Gasteiger partial charge in [-0.3, -0.25) is 0 Å². The predicted octanol–water partition coefficient (Wildman–Crippen LogP) is 2.63. The van der Waals surface area contributed by atoms with Gasteiger partial charge < -0.3 is 23.9 Å². The van der Waals surface area contributed by atoms with Crippen LogP contribution in [0.15, 0.2) is 51.7 Å². The van der Waals surface area contributed by atoms with Crippen molar-refractivity contribution in [2.24, 2.45) is 0 Å². The molecule has 2 heterocycles. The Hall–Kier alpha value is -3.81. The molecule has 142 valence electrons. The number of aromatic carboxylic acids is 1. The van der Waals surface area contributed by atoms with E-state index in [2.05, 4.69) is 4.74 Å². The van der Waals surface area contributed by atoms with Crippen LogP contribution in [0.1, 0.15) is 26.3 Å².